The summed E-state index contributed by atoms with van der Waals surface area (Å²) >= 11 is 0. The molecule has 0 bridgehead atoms. The van der Waals surface area contributed by atoms with Gasteiger partial charge in [0.2, 0.25) is 14.7 Å². The van der Waals surface area contributed by atoms with Gasteiger partial charge in [0, 0.05) is 23.9 Å². The first kappa shape index (κ1) is 15.4. The van der Waals surface area contributed by atoms with Crippen LogP contribution in [0.25, 0.3) is 0 Å². The van der Waals surface area contributed by atoms with Crippen molar-refractivity contribution < 1.29 is 21.8 Å². The smallest absolute Gasteiger partial charge is 1.00 e. The minimum Gasteiger partial charge on any atom is -1.00 e. The quantitative estimate of drug-likeness (QED) is 0.602. The second-order valence-electron chi connectivity index (χ2n) is 3.27. The standard InChI is InChI=1S/C8H12O4P2.Mg.2H/c1-13(9,10)7-3-5-8(6-4-7)14(2,11)12;;;/h3-6H,1-2H3,(H,9,10)(H,11,12);;;/q;+2;2*-1. The van der Waals surface area contributed by atoms with Crippen molar-refractivity contribution in [3.8, 4) is 0 Å². The van der Waals surface area contributed by atoms with Crippen molar-refractivity contribution in [2.24, 2.45) is 0 Å². The van der Waals surface area contributed by atoms with E-state index in [-0.39, 0.29) is 36.5 Å². The van der Waals surface area contributed by atoms with Gasteiger partial charge in [0.15, 0.2) is 0 Å². The molecule has 0 amide bonds. The van der Waals surface area contributed by atoms with Crippen LogP contribution in [0.1, 0.15) is 2.85 Å². The molecule has 0 saturated heterocycles. The molecule has 1 rings (SSSR count). The summed E-state index contributed by atoms with van der Waals surface area (Å²) < 4.78 is 22.4. The predicted molar refractivity (Wildman–Crippen MR) is 65.2 cm³/mol. The summed E-state index contributed by atoms with van der Waals surface area (Å²) in [6.45, 7) is 2.46. The van der Waals surface area contributed by atoms with Crippen LogP contribution in [0.15, 0.2) is 24.3 Å². The Labute approximate surface area is 108 Å². The monoisotopic (exact) mass is 260 g/mol. The topological polar surface area (TPSA) is 74.6 Å². The van der Waals surface area contributed by atoms with Gasteiger partial charge < -0.3 is 12.6 Å². The summed E-state index contributed by atoms with van der Waals surface area (Å²) in [5, 5.41) is 0.574. The van der Waals surface area contributed by atoms with Crippen molar-refractivity contribution in [1.29, 1.82) is 0 Å². The maximum absolute atomic E-state index is 11.2. The normalized spacial score (nSPS) is 18.4. The van der Waals surface area contributed by atoms with Crippen molar-refractivity contribution in [3.63, 3.8) is 0 Å². The van der Waals surface area contributed by atoms with Crippen LogP contribution < -0.4 is 10.6 Å². The molecular formula is C8H14MgO4P2. The van der Waals surface area contributed by atoms with Crippen LogP contribution in [0.4, 0.5) is 0 Å². The minimum absolute atomic E-state index is 0. The molecule has 4 nitrogen and oxygen atoms in total. The summed E-state index contributed by atoms with van der Waals surface area (Å²) in [6, 6.07) is 5.62. The van der Waals surface area contributed by atoms with E-state index in [0.29, 0.717) is 0 Å². The fourth-order valence-electron chi connectivity index (χ4n) is 1.01. The van der Waals surface area contributed by atoms with E-state index in [2.05, 4.69) is 0 Å². The molecule has 0 aliphatic rings. The van der Waals surface area contributed by atoms with Crippen LogP contribution >= 0.6 is 14.7 Å². The van der Waals surface area contributed by atoms with Crippen LogP contribution in [-0.4, -0.2) is 46.2 Å². The minimum atomic E-state index is -3.26. The summed E-state index contributed by atoms with van der Waals surface area (Å²) in [7, 11) is -6.52. The molecule has 2 unspecified atom stereocenters. The van der Waals surface area contributed by atoms with Crippen LogP contribution in [0.2, 0.25) is 0 Å². The van der Waals surface area contributed by atoms with Crippen molar-refractivity contribution in [2.75, 3.05) is 13.3 Å². The van der Waals surface area contributed by atoms with Crippen LogP contribution in [0.3, 0.4) is 0 Å². The zero-order valence-corrected chi connectivity index (χ0v) is 11.8. The summed E-state index contributed by atoms with van der Waals surface area (Å²) in [5.74, 6) is 0. The van der Waals surface area contributed by atoms with E-state index in [1.165, 1.54) is 37.6 Å². The molecule has 82 valence electrons. The molecule has 0 radical (unpaired) electrons. The third-order valence-electron chi connectivity index (χ3n) is 1.81. The van der Waals surface area contributed by atoms with Crippen molar-refractivity contribution >= 4 is 48.4 Å². The van der Waals surface area contributed by atoms with E-state index in [4.69, 9.17) is 0 Å². The van der Waals surface area contributed by atoms with Crippen LogP contribution in [0.5, 0.6) is 0 Å². The van der Waals surface area contributed by atoms with Crippen LogP contribution in [0, 0.1) is 0 Å². The first-order valence-electron chi connectivity index (χ1n) is 3.93. The molecule has 15 heavy (non-hydrogen) atoms. The fourth-order valence-corrected chi connectivity index (χ4v) is 2.41. The largest absolute Gasteiger partial charge is 2.00 e. The fraction of sp³-hybridized carbons (Fsp3) is 0.250. The van der Waals surface area contributed by atoms with Gasteiger partial charge in [-0.05, 0) is 24.3 Å². The van der Waals surface area contributed by atoms with Gasteiger partial charge in [0.25, 0.3) is 0 Å². The Hall–Kier alpha value is 0.366. The van der Waals surface area contributed by atoms with Gasteiger partial charge in [0.05, 0.1) is 0 Å². The summed E-state index contributed by atoms with van der Waals surface area (Å²) in [4.78, 5) is 18.4. The number of hydrogen-bond acceptors (Lipinski definition) is 2. The molecule has 0 aliphatic heterocycles. The zero-order valence-electron chi connectivity index (χ0n) is 10.6. The van der Waals surface area contributed by atoms with E-state index in [1.54, 1.807) is 0 Å². The predicted octanol–water partition coefficient (Wildman–Crippen LogP) is 0.582. The molecule has 1 aromatic carbocycles. The molecule has 1 aromatic rings. The maximum Gasteiger partial charge on any atom is 2.00 e. The van der Waals surface area contributed by atoms with E-state index in [1.807, 2.05) is 0 Å². The average molecular weight is 260 g/mol. The molecule has 7 heteroatoms. The van der Waals surface area contributed by atoms with Gasteiger partial charge in [-0.2, -0.15) is 0 Å². The first-order valence-corrected chi connectivity index (χ1v) is 8.14. The Morgan fingerprint density at radius 3 is 1.27 bits per heavy atom. The molecule has 0 spiro atoms. The molecule has 2 atom stereocenters. The molecule has 0 aliphatic carbocycles. The van der Waals surface area contributed by atoms with Crippen molar-refractivity contribution in [2.45, 2.75) is 0 Å². The Morgan fingerprint density at radius 1 is 0.933 bits per heavy atom. The summed E-state index contributed by atoms with van der Waals surface area (Å²) in [5.41, 5.74) is 0. The first-order chi connectivity index (χ1) is 6.21. The Morgan fingerprint density at radius 2 is 1.13 bits per heavy atom. The number of rotatable bonds is 2. The Balaban J connectivity index is -0.000000653. The van der Waals surface area contributed by atoms with E-state index < -0.39 is 14.7 Å². The summed E-state index contributed by atoms with van der Waals surface area (Å²) in [6.07, 6.45) is 0. The van der Waals surface area contributed by atoms with E-state index >= 15 is 0 Å². The van der Waals surface area contributed by atoms with E-state index in [9.17, 15) is 18.9 Å². The van der Waals surface area contributed by atoms with Crippen molar-refractivity contribution in [1.82, 2.24) is 0 Å². The van der Waals surface area contributed by atoms with Gasteiger partial charge in [-0.1, -0.05) is 0 Å². The maximum atomic E-state index is 11.2. The zero-order chi connectivity index (χ0) is 11.0. The number of hydrogen-bond donors (Lipinski definition) is 2. The Kier molecular flexibility index (Phi) is 5.26. The van der Waals surface area contributed by atoms with E-state index in [0.717, 1.165) is 0 Å². The molecule has 2 N–H and O–H groups in total. The molecule has 0 aromatic heterocycles. The average Bonchev–Trinajstić information content (AvgIpc) is 2.01. The van der Waals surface area contributed by atoms with Crippen LogP contribution in [-0.2, 0) is 9.13 Å². The van der Waals surface area contributed by atoms with Gasteiger partial charge in [-0.3, -0.25) is 9.13 Å². The van der Waals surface area contributed by atoms with Gasteiger partial charge in [-0.25, -0.2) is 0 Å². The number of benzene rings is 1. The van der Waals surface area contributed by atoms with Gasteiger partial charge in [0.1, 0.15) is 0 Å². The van der Waals surface area contributed by atoms with Gasteiger partial charge >= 0.3 is 23.1 Å². The third kappa shape index (κ3) is 4.39. The molecular weight excluding hydrogens is 246 g/mol. The molecule has 0 fully saturated rings. The molecule has 0 heterocycles. The third-order valence-corrected chi connectivity index (χ3v) is 4.32. The second kappa shape index (κ2) is 5.13. The SMILES string of the molecule is CP(=O)(O)c1ccc(P(C)(=O)O)cc1.[H-].[H-].[Mg+2]. The Bertz CT molecular complexity index is 385. The van der Waals surface area contributed by atoms with Gasteiger partial charge in [-0.15, -0.1) is 0 Å². The molecule has 0 saturated carbocycles. The van der Waals surface area contributed by atoms with Crippen molar-refractivity contribution in [3.05, 3.63) is 24.3 Å². The second-order valence-corrected chi connectivity index (χ2v) is 7.82.